The minimum atomic E-state index is 0.135. The Morgan fingerprint density at radius 1 is 1.38 bits per heavy atom. The topological polar surface area (TPSA) is 51.0 Å². The van der Waals surface area contributed by atoms with Gasteiger partial charge in [0.1, 0.15) is 12.2 Å². The maximum atomic E-state index is 13.1. The van der Waals surface area contributed by atoms with Crippen molar-refractivity contribution in [1.82, 2.24) is 19.7 Å². The SMILES string of the molecule is CCn1cnnc1[C@H]1CCCN(C(=O)c2cccc3ccsc23)C1. The van der Waals surface area contributed by atoms with Gasteiger partial charge in [-0.1, -0.05) is 12.1 Å². The lowest BCUT2D eigenvalue weighted by Gasteiger charge is -2.32. The fourth-order valence-corrected chi connectivity index (χ4v) is 4.43. The van der Waals surface area contributed by atoms with Crippen molar-refractivity contribution < 1.29 is 4.79 Å². The maximum Gasteiger partial charge on any atom is 0.255 e. The molecule has 1 atom stereocenters. The normalized spacial score (nSPS) is 18.2. The largest absolute Gasteiger partial charge is 0.338 e. The number of carbonyl (C=O) groups excluding carboxylic acids is 1. The highest BCUT2D eigenvalue weighted by atomic mass is 32.1. The van der Waals surface area contributed by atoms with Crippen molar-refractivity contribution in [1.29, 1.82) is 0 Å². The second-order valence-corrected chi connectivity index (χ2v) is 7.13. The molecule has 6 heteroatoms. The monoisotopic (exact) mass is 340 g/mol. The highest BCUT2D eigenvalue weighted by Gasteiger charge is 2.29. The van der Waals surface area contributed by atoms with Crippen LogP contribution in [0.5, 0.6) is 0 Å². The number of likely N-dealkylation sites (tertiary alicyclic amines) is 1. The van der Waals surface area contributed by atoms with E-state index in [0.29, 0.717) is 0 Å². The van der Waals surface area contributed by atoms with E-state index in [0.717, 1.165) is 53.9 Å². The lowest BCUT2D eigenvalue weighted by atomic mass is 9.96. The van der Waals surface area contributed by atoms with Gasteiger partial charge in [0.25, 0.3) is 5.91 Å². The number of hydrogen-bond acceptors (Lipinski definition) is 4. The molecule has 2 aromatic heterocycles. The molecule has 0 aliphatic carbocycles. The highest BCUT2D eigenvalue weighted by Crippen LogP contribution is 2.29. The predicted molar refractivity (Wildman–Crippen MR) is 95.4 cm³/mol. The third-order valence-electron chi connectivity index (χ3n) is 4.77. The van der Waals surface area contributed by atoms with Gasteiger partial charge in [-0.3, -0.25) is 4.79 Å². The van der Waals surface area contributed by atoms with Crippen LogP contribution in [-0.4, -0.2) is 38.7 Å². The predicted octanol–water partition coefficient (Wildman–Crippen LogP) is 3.53. The van der Waals surface area contributed by atoms with Crippen LogP contribution < -0.4 is 0 Å². The first-order chi connectivity index (χ1) is 11.8. The molecule has 1 fully saturated rings. The number of hydrogen-bond donors (Lipinski definition) is 0. The summed E-state index contributed by atoms with van der Waals surface area (Å²) in [6.45, 7) is 4.49. The fourth-order valence-electron chi connectivity index (χ4n) is 3.53. The van der Waals surface area contributed by atoms with Crippen molar-refractivity contribution in [3.8, 4) is 0 Å². The second kappa shape index (κ2) is 6.36. The molecule has 5 nitrogen and oxygen atoms in total. The minimum Gasteiger partial charge on any atom is -0.338 e. The number of piperidine rings is 1. The van der Waals surface area contributed by atoms with Crippen LogP contribution >= 0.6 is 11.3 Å². The van der Waals surface area contributed by atoms with Gasteiger partial charge in [-0.15, -0.1) is 21.5 Å². The van der Waals surface area contributed by atoms with Gasteiger partial charge in [0.2, 0.25) is 0 Å². The van der Waals surface area contributed by atoms with E-state index in [2.05, 4.69) is 33.8 Å². The molecule has 0 radical (unpaired) electrons. The molecule has 1 amide bonds. The van der Waals surface area contributed by atoms with Crippen molar-refractivity contribution >= 4 is 27.3 Å². The zero-order valence-electron chi connectivity index (χ0n) is 13.7. The molecule has 1 aromatic carbocycles. The van der Waals surface area contributed by atoms with E-state index in [1.165, 1.54) is 0 Å². The molecule has 0 bridgehead atoms. The number of carbonyl (C=O) groups is 1. The van der Waals surface area contributed by atoms with Gasteiger partial charge in [-0.05, 0) is 42.7 Å². The Bertz CT molecular complexity index is 869. The Morgan fingerprint density at radius 3 is 3.17 bits per heavy atom. The van der Waals surface area contributed by atoms with Gasteiger partial charge in [-0.2, -0.15) is 0 Å². The van der Waals surface area contributed by atoms with Crippen molar-refractivity contribution in [2.45, 2.75) is 32.2 Å². The molecule has 4 rings (SSSR count). The number of fused-ring (bicyclic) bond motifs is 1. The van der Waals surface area contributed by atoms with Crippen LogP contribution in [-0.2, 0) is 6.54 Å². The van der Waals surface area contributed by atoms with E-state index in [1.54, 1.807) is 17.7 Å². The quantitative estimate of drug-likeness (QED) is 0.733. The summed E-state index contributed by atoms with van der Waals surface area (Å²) >= 11 is 1.64. The molecule has 0 spiro atoms. The average Bonchev–Trinajstić information content (AvgIpc) is 3.29. The molecule has 0 saturated carbocycles. The van der Waals surface area contributed by atoms with Gasteiger partial charge < -0.3 is 9.47 Å². The molecule has 24 heavy (non-hydrogen) atoms. The number of benzene rings is 1. The molecular formula is C18H20N4OS. The highest BCUT2D eigenvalue weighted by molar-refractivity contribution is 7.17. The molecule has 1 saturated heterocycles. The summed E-state index contributed by atoms with van der Waals surface area (Å²) in [5, 5.41) is 11.5. The summed E-state index contributed by atoms with van der Waals surface area (Å²) in [4.78, 5) is 15.1. The van der Waals surface area contributed by atoms with Crippen LogP contribution in [0.1, 0.15) is 41.9 Å². The Balaban J connectivity index is 1.60. The molecule has 3 heterocycles. The summed E-state index contributed by atoms with van der Waals surface area (Å²) in [5.74, 6) is 1.41. The first-order valence-corrected chi connectivity index (χ1v) is 9.29. The first-order valence-electron chi connectivity index (χ1n) is 8.41. The van der Waals surface area contributed by atoms with Crippen LogP contribution in [0.15, 0.2) is 36.0 Å². The smallest absolute Gasteiger partial charge is 0.255 e. The van der Waals surface area contributed by atoms with Crippen LogP contribution in [0.25, 0.3) is 10.1 Å². The molecule has 1 aliphatic heterocycles. The first kappa shape index (κ1) is 15.3. The number of amides is 1. The number of aromatic nitrogens is 3. The van der Waals surface area contributed by atoms with E-state index < -0.39 is 0 Å². The Morgan fingerprint density at radius 2 is 2.29 bits per heavy atom. The maximum absolute atomic E-state index is 13.1. The lowest BCUT2D eigenvalue weighted by Crippen LogP contribution is -2.39. The van der Waals surface area contributed by atoms with Crippen LogP contribution in [0.2, 0.25) is 0 Å². The standard InChI is InChI=1S/C18H20N4OS/c1-2-21-12-19-20-17(21)14-6-4-9-22(11-14)18(23)15-7-3-5-13-8-10-24-16(13)15/h3,5,7-8,10,12,14H,2,4,6,9,11H2,1H3/t14-/m0/s1. The third-order valence-corrected chi connectivity index (χ3v) is 5.73. The zero-order valence-corrected chi connectivity index (χ0v) is 14.5. The van der Waals surface area contributed by atoms with Crippen molar-refractivity contribution in [3.63, 3.8) is 0 Å². The second-order valence-electron chi connectivity index (χ2n) is 6.21. The fraction of sp³-hybridized carbons (Fsp3) is 0.389. The van der Waals surface area contributed by atoms with E-state index in [9.17, 15) is 4.79 Å². The van der Waals surface area contributed by atoms with E-state index in [-0.39, 0.29) is 11.8 Å². The number of aryl methyl sites for hydroxylation is 1. The Kier molecular flexibility index (Phi) is 4.06. The summed E-state index contributed by atoms with van der Waals surface area (Å²) in [6, 6.07) is 8.04. The molecule has 0 N–H and O–H groups in total. The Hall–Kier alpha value is -2.21. The molecule has 3 aromatic rings. The lowest BCUT2D eigenvalue weighted by molar-refractivity contribution is 0.0705. The zero-order chi connectivity index (χ0) is 16.5. The Labute approximate surface area is 144 Å². The molecule has 1 aliphatic rings. The van der Waals surface area contributed by atoms with Gasteiger partial charge >= 0.3 is 0 Å². The van der Waals surface area contributed by atoms with Crippen molar-refractivity contribution in [2.24, 2.45) is 0 Å². The van der Waals surface area contributed by atoms with Gasteiger partial charge in [-0.25, -0.2) is 0 Å². The number of rotatable bonds is 3. The van der Waals surface area contributed by atoms with Crippen molar-refractivity contribution in [3.05, 3.63) is 47.4 Å². The van der Waals surface area contributed by atoms with E-state index >= 15 is 0 Å². The summed E-state index contributed by atoms with van der Waals surface area (Å²) in [5.41, 5.74) is 0.820. The van der Waals surface area contributed by atoms with E-state index in [1.807, 2.05) is 22.4 Å². The van der Waals surface area contributed by atoms with Crippen LogP contribution in [0.4, 0.5) is 0 Å². The molecule has 0 unspecified atom stereocenters. The number of nitrogens with zero attached hydrogens (tertiary/aromatic N) is 4. The van der Waals surface area contributed by atoms with Gasteiger partial charge in [0, 0.05) is 30.3 Å². The number of thiophene rings is 1. The summed E-state index contributed by atoms with van der Waals surface area (Å²) in [7, 11) is 0. The van der Waals surface area contributed by atoms with Crippen LogP contribution in [0, 0.1) is 0 Å². The van der Waals surface area contributed by atoms with Crippen molar-refractivity contribution in [2.75, 3.05) is 13.1 Å². The summed E-state index contributed by atoms with van der Waals surface area (Å²) < 4.78 is 3.17. The minimum absolute atomic E-state index is 0.135. The molecular weight excluding hydrogens is 320 g/mol. The van der Waals surface area contributed by atoms with Crippen LogP contribution in [0.3, 0.4) is 0 Å². The van der Waals surface area contributed by atoms with Gasteiger partial charge in [0.15, 0.2) is 0 Å². The van der Waals surface area contributed by atoms with Gasteiger partial charge in [0.05, 0.1) is 5.56 Å². The van der Waals surface area contributed by atoms with E-state index in [4.69, 9.17) is 0 Å². The third kappa shape index (κ3) is 2.60. The average molecular weight is 340 g/mol. The molecule has 124 valence electrons. The summed E-state index contributed by atoms with van der Waals surface area (Å²) in [6.07, 6.45) is 3.85.